The van der Waals surface area contributed by atoms with Gasteiger partial charge < -0.3 is 0 Å². The highest BCUT2D eigenvalue weighted by molar-refractivity contribution is 6.80. The molecule has 1 fully saturated rings. The Balaban J connectivity index is 2.69. The summed E-state index contributed by atoms with van der Waals surface area (Å²) in [7, 11) is -1.21. The first-order valence-corrected chi connectivity index (χ1v) is 9.08. The molecule has 15 heavy (non-hydrogen) atoms. The summed E-state index contributed by atoms with van der Waals surface area (Å²) in [6, 6.07) is 0. The number of hydrogen-bond acceptors (Lipinski definition) is 2. The van der Waals surface area contributed by atoms with Gasteiger partial charge in [-0.25, -0.2) is 0 Å². The van der Waals surface area contributed by atoms with Gasteiger partial charge in [-0.1, -0.05) is 31.4 Å². The molecule has 0 aliphatic heterocycles. The van der Waals surface area contributed by atoms with Crippen molar-refractivity contribution >= 4 is 19.6 Å². The molecule has 0 aromatic rings. The summed E-state index contributed by atoms with van der Waals surface area (Å²) in [6.45, 7) is 8.51. The van der Waals surface area contributed by atoms with Gasteiger partial charge >= 0.3 is 0 Å². The van der Waals surface area contributed by atoms with Crippen molar-refractivity contribution in [3.8, 4) is 0 Å². The number of allylic oxidation sites excluding steroid dienone is 1. The van der Waals surface area contributed by atoms with E-state index >= 15 is 0 Å². The molecule has 0 heterocycles. The number of carbonyl (C=O) groups excluding carboxylic acids is 2. The van der Waals surface area contributed by atoms with Crippen molar-refractivity contribution < 1.29 is 9.59 Å². The summed E-state index contributed by atoms with van der Waals surface area (Å²) >= 11 is 0. The topological polar surface area (TPSA) is 34.1 Å². The molecule has 1 aliphatic rings. The van der Waals surface area contributed by atoms with Crippen LogP contribution in [0.3, 0.4) is 0 Å². The molecule has 0 unspecified atom stereocenters. The highest BCUT2D eigenvalue weighted by Crippen LogP contribution is 2.34. The maximum absolute atomic E-state index is 11.6. The maximum atomic E-state index is 11.6. The minimum atomic E-state index is -1.21. The number of Topliss-reactive ketones (excluding diaryl/α,β-unsaturated/α-hetero) is 2. The van der Waals surface area contributed by atoms with Gasteiger partial charge in [0, 0.05) is 12.8 Å². The monoisotopic (exact) mass is 224 g/mol. The zero-order chi connectivity index (χ0) is 11.7. The molecule has 0 N–H and O–H groups in total. The molecule has 1 rings (SSSR count). The van der Waals surface area contributed by atoms with Crippen molar-refractivity contribution in [2.24, 2.45) is 5.41 Å². The average Bonchev–Trinajstić information content (AvgIpc) is 2.31. The first-order valence-electron chi connectivity index (χ1n) is 5.50. The van der Waals surface area contributed by atoms with Crippen molar-refractivity contribution in [3.05, 3.63) is 11.8 Å². The van der Waals surface area contributed by atoms with Crippen LogP contribution in [0.4, 0.5) is 0 Å². The van der Waals surface area contributed by atoms with Gasteiger partial charge in [-0.05, 0) is 13.3 Å². The summed E-state index contributed by atoms with van der Waals surface area (Å²) in [4.78, 5) is 23.2. The second-order valence-corrected chi connectivity index (χ2v) is 10.7. The quantitative estimate of drug-likeness (QED) is 0.545. The van der Waals surface area contributed by atoms with Crippen molar-refractivity contribution in [2.45, 2.75) is 45.8 Å². The Labute approximate surface area is 92.8 Å². The van der Waals surface area contributed by atoms with E-state index in [1.165, 1.54) is 0 Å². The summed E-state index contributed by atoms with van der Waals surface area (Å²) in [5.74, 6) is 0.237. The Bertz CT molecular complexity index is 294. The summed E-state index contributed by atoms with van der Waals surface area (Å²) in [6.07, 6.45) is 3.51. The summed E-state index contributed by atoms with van der Waals surface area (Å²) in [5, 5.41) is 0. The highest BCUT2D eigenvalue weighted by atomic mass is 28.3. The molecule has 0 radical (unpaired) electrons. The molecule has 1 aliphatic carbocycles. The first kappa shape index (κ1) is 12.4. The zero-order valence-corrected chi connectivity index (χ0v) is 11.1. The van der Waals surface area contributed by atoms with Gasteiger partial charge in [0.15, 0.2) is 0 Å². The second kappa shape index (κ2) is 4.04. The van der Waals surface area contributed by atoms with Crippen LogP contribution >= 0.6 is 0 Å². The molecule has 0 atom stereocenters. The number of hydrogen-bond donors (Lipinski definition) is 0. The van der Waals surface area contributed by atoms with Crippen molar-refractivity contribution in [3.63, 3.8) is 0 Å². The molecule has 0 spiro atoms. The van der Waals surface area contributed by atoms with Gasteiger partial charge in [0.1, 0.15) is 11.6 Å². The van der Waals surface area contributed by atoms with Crippen LogP contribution in [0.25, 0.3) is 0 Å². The van der Waals surface area contributed by atoms with E-state index in [-0.39, 0.29) is 11.6 Å². The molecule has 0 aromatic carbocycles. The minimum Gasteiger partial charge on any atom is -0.299 e. The molecule has 2 nitrogen and oxygen atoms in total. The third kappa shape index (κ3) is 2.87. The number of rotatable bonds is 3. The summed E-state index contributed by atoms with van der Waals surface area (Å²) in [5.41, 5.74) is 1.49. The lowest BCUT2D eigenvalue weighted by Gasteiger charge is -2.18. The van der Waals surface area contributed by atoms with Crippen LogP contribution in [0.5, 0.6) is 0 Å². The highest BCUT2D eigenvalue weighted by Gasteiger charge is 2.43. The largest absolute Gasteiger partial charge is 0.299 e. The normalized spacial score (nSPS) is 21.6. The molecule has 0 aromatic heterocycles. The Morgan fingerprint density at radius 3 is 2.07 bits per heavy atom. The van der Waals surface area contributed by atoms with Crippen molar-refractivity contribution in [1.29, 1.82) is 0 Å². The lowest BCUT2D eigenvalue weighted by Crippen LogP contribution is -2.28. The van der Waals surface area contributed by atoms with Crippen LogP contribution < -0.4 is 0 Å². The van der Waals surface area contributed by atoms with E-state index in [1.807, 2.05) is 6.08 Å². The lowest BCUT2D eigenvalue weighted by atomic mass is 9.83. The Kier molecular flexibility index (Phi) is 3.33. The molecule has 0 bridgehead atoms. The van der Waals surface area contributed by atoms with Gasteiger partial charge in [0.05, 0.1) is 13.5 Å². The fourth-order valence-electron chi connectivity index (χ4n) is 1.81. The van der Waals surface area contributed by atoms with Crippen molar-refractivity contribution in [1.82, 2.24) is 0 Å². The third-order valence-corrected chi connectivity index (χ3v) is 4.19. The van der Waals surface area contributed by atoms with Crippen LogP contribution in [0.15, 0.2) is 11.8 Å². The van der Waals surface area contributed by atoms with Crippen molar-refractivity contribution in [2.75, 3.05) is 0 Å². The molecule has 1 saturated carbocycles. The van der Waals surface area contributed by atoms with E-state index < -0.39 is 13.5 Å². The second-order valence-electron chi connectivity index (χ2n) is 5.65. The average molecular weight is 224 g/mol. The van der Waals surface area contributed by atoms with Gasteiger partial charge in [-0.15, -0.1) is 0 Å². The van der Waals surface area contributed by atoms with Crippen LogP contribution in [-0.2, 0) is 9.59 Å². The van der Waals surface area contributed by atoms with E-state index in [9.17, 15) is 9.59 Å². The molecule has 0 saturated heterocycles. The fraction of sp³-hybridized carbons (Fsp3) is 0.667. The van der Waals surface area contributed by atoms with Gasteiger partial charge in [0.25, 0.3) is 0 Å². The van der Waals surface area contributed by atoms with E-state index in [0.717, 1.165) is 0 Å². The van der Waals surface area contributed by atoms with Gasteiger partial charge in [0.2, 0.25) is 0 Å². The predicted octanol–water partition coefficient (Wildman–Crippen LogP) is 2.75. The van der Waals surface area contributed by atoms with Crippen LogP contribution in [-0.4, -0.2) is 19.6 Å². The SMILES string of the molecule is CC1(C/C=C/[Si](C)(C)C)C(=O)CCC1=O. The smallest absolute Gasteiger partial charge is 0.146 e. The molecule has 84 valence electrons. The van der Waals surface area contributed by atoms with E-state index in [0.29, 0.717) is 19.3 Å². The maximum Gasteiger partial charge on any atom is 0.146 e. The van der Waals surface area contributed by atoms with Gasteiger partial charge in [-0.3, -0.25) is 9.59 Å². The molecular formula is C12H20O2Si. The standard InChI is InChI=1S/C12H20O2Si/c1-12(8-5-9-15(2,3)4)10(13)6-7-11(12)14/h5,9H,6-8H2,1-4H3/b9-5+. The molecule has 0 amide bonds. The Morgan fingerprint density at radius 1 is 1.20 bits per heavy atom. The van der Waals surface area contributed by atoms with Crippen LogP contribution in [0.2, 0.25) is 19.6 Å². The van der Waals surface area contributed by atoms with E-state index in [2.05, 4.69) is 25.3 Å². The van der Waals surface area contributed by atoms with Crippen LogP contribution in [0, 0.1) is 5.41 Å². The molecular weight excluding hydrogens is 204 g/mol. The van der Waals surface area contributed by atoms with Crippen LogP contribution in [0.1, 0.15) is 26.2 Å². The third-order valence-electron chi connectivity index (χ3n) is 2.95. The Hall–Kier alpha value is -0.703. The zero-order valence-electron chi connectivity index (χ0n) is 10.1. The summed E-state index contributed by atoms with van der Waals surface area (Å²) < 4.78 is 0. The first-order chi connectivity index (χ1) is 6.76. The lowest BCUT2D eigenvalue weighted by molar-refractivity contribution is -0.133. The fourth-order valence-corrected chi connectivity index (χ4v) is 2.64. The van der Waals surface area contributed by atoms with Gasteiger partial charge in [-0.2, -0.15) is 0 Å². The van der Waals surface area contributed by atoms with E-state index in [1.54, 1.807) is 6.92 Å². The molecule has 3 heteroatoms. The Morgan fingerprint density at radius 2 is 1.67 bits per heavy atom. The minimum absolute atomic E-state index is 0.118. The van der Waals surface area contributed by atoms with E-state index in [4.69, 9.17) is 0 Å². The predicted molar refractivity (Wildman–Crippen MR) is 64.5 cm³/mol. The number of carbonyl (C=O) groups is 2. The number of ketones is 2.